The third-order valence-electron chi connectivity index (χ3n) is 4.94. The first-order chi connectivity index (χ1) is 11.6. The lowest BCUT2D eigenvalue weighted by molar-refractivity contribution is -0.121. The molecule has 0 bridgehead atoms. The van der Waals surface area contributed by atoms with Gasteiger partial charge in [-0.15, -0.1) is 0 Å². The molecular weight excluding hydrogens is 309 g/mol. The van der Waals surface area contributed by atoms with E-state index in [1.165, 1.54) is 0 Å². The van der Waals surface area contributed by atoms with Gasteiger partial charge in [0.1, 0.15) is 12.0 Å². The van der Waals surface area contributed by atoms with E-state index in [0.717, 1.165) is 23.2 Å². The van der Waals surface area contributed by atoms with Crippen molar-refractivity contribution in [2.45, 2.75) is 32.0 Å². The topological polar surface area (TPSA) is 65.1 Å². The van der Waals surface area contributed by atoms with Crippen molar-refractivity contribution >= 4 is 11.7 Å². The van der Waals surface area contributed by atoms with Crippen molar-refractivity contribution in [3.63, 3.8) is 0 Å². The van der Waals surface area contributed by atoms with Crippen molar-refractivity contribution in [3.8, 4) is 11.1 Å². The third kappa shape index (κ3) is 2.58. The lowest BCUT2D eigenvalue weighted by Gasteiger charge is -2.22. The average Bonchev–Trinajstić information content (AvgIpc) is 3.28. The standard InChI is InChI=1S/C17H20FN5O/c1-11-14(12-8-19-20-9-12)2-3-16(21-11)23-7-5-15(17(23)24)22-6-4-13(18)10-22/h2-3,8-9,13,15H,4-7,10H2,1H3,(H,19,20)/t13-,15?/m0/s1. The average molecular weight is 329 g/mol. The SMILES string of the molecule is Cc1nc(N2CCC(N3CC[C@H](F)C3)C2=O)ccc1-c1cn[nH]c1. The van der Waals surface area contributed by atoms with Crippen LogP contribution in [-0.4, -0.2) is 57.8 Å². The quantitative estimate of drug-likeness (QED) is 0.934. The summed E-state index contributed by atoms with van der Waals surface area (Å²) < 4.78 is 13.4. The van der Waals surface area contributed by atoms with E-state index in [9.17, 15) is 9.18 Å². The van der Waals surface area contributed by atoms with Gasteiger partial charge in [0.15, 0.2) is 0 Å². The number of hydrogen-bond donors (Lipinski definition) is 1. The first-order valence-corrected chi connectivity index (χ1v) is 8.30. The first kappa shape index (κ1) is 15.3. The van der Waals surface area contributed by atoms with Crippen LogP contribution in [0.5, 0.6) is 0 Å². The van der Waals surface area contributed by atoms with E-state index in [1.54, 1.807) is 11.1 Å². The highest BCUT2D eigenvalue weighted by atomic mass is 19.1. The Balaban J connectivity index is 1.54. The molecule has 2 saturated heterocycles. The van der Waals surface area contributed by atoms with Crippen LogP contribution in [0.3, 0.4) is 0 Å². The molecule has 4 heterocycles. The Bertz CT molecular complexity index is 747. The maximum absolute atomic E-state index is 13.4. The molecule has 0 aromatic carbocycles. The Kier molecular flexibility index (Phi) is 3.80. The van der Waals surface area contributed by atoms with Gasteiger partial charge in [-0.2, -0.15) is 5.10 Å². The van der Waals surface area contributed by atoms with Gasteiger partial charge in [-0.1, -0.05) is 0 Å². The lowest BCUT2D eigenvalue weighted by atomic mass is 10.1. The van der Waals surface area contributed by atoms with E-state index in [1.807, 2.05) is 30.2 Å². The van der Waals surface area contributed by atoms with E-state index < -0.39 is 6.17 Å². The number of halogens is 1. The highest BCUT2D eigenvalue weighted by Gasteiger charge is 2.40. The minimum atomic E-state index is -0.804. The summed E-state index contributed by atoms with van der Waals surface area (Å²) in [4.78, 5) is 21.0. The molecule has 1 unspecified atom stereocenters. The van der Waals surface area contributed by atoms with Gasteiger partial charge in [0.2, 0.25) is 5.91 Å². The van der Waals surface area contributed by atoms with Gasteiger partial charge >= 0.3 is 0 Å². The van der Waals surface area contributed by atoms with Gasteiger partial charge in [-0.3, -0.25) is 19.7 Å². The number of H-pyrrole nitrogens is 1. The van der Waals surface area contributed by atoms with Crippen LogP contribution in [0.2, 0.25) is 0 Å². The van der Waals surface area contributed by atoms with Gasteiger partial charge in [-0.25, -0.2) is 9.37 Å². The summed E-state index contributed by atoms with van der Waals surface area (Å²) >= 11 is 0. The third-order valence-corrected chi connectivity index (χ3v) is 4.94. The second-order valence-electron chi connectivity index (χ2n) is 6.46. The molecule has 0 saturated carbocycles. The number of anilines is 1. The Morgan fingerprint density at radius 2 is 2.17 bits per heavy atom. The number of nitrogens with zero attached hydrogens (tertiary/aromatic N) is 4. The van der Waals surface area contributed by atoms with E-state index >= 15 is 0 Å². The Morgan fingerprint density at radius 1 is 1.29 bits per heavy atom. The van der Waals surface area contributed by atoms with E-state index in [0.29, 0.717) is 31.9 Å². The fourth-order valence-corrected chi connectivity index (χ4v) is 3.66. The lowest BCUT2D eigenvalue weighted by Crippen LogP contribution is -2.41. The Morgan fingerprint density at radius 3 is 2.83 bits per heavy atom. The van der Waals surface area contributed by atoms with Crippen LogP contribution in [0.25, 0.3) is 11.1 Å². The molecule has 2 aliphatic rings. The molecule has 1 amide bonds. The van der Waals surface area contributed by atoms with E-state index in [2.05, 4.69) is 15.2 Å². The van der Waals surface area contributed by atoms with Crippen molar-refractivity contribution in [1.82, 2.24) is 20.1 Å². The molecule has 126 valence electrons. The zero-order valence-electron chi connectivity index (χ0n) is 13.6. The zero-order valence-corrected chi connectivity index (χ0v) is 13.6. The maximum atomic E-state index is 13.4. The van der Waals surface area contributed by atoms with Crippen LogP contribution >= 0.6 is 0 Å². The van der Waals surface area contributed by atoms with Crippen molar-refractivity contribution < 1.29 is 9.18 Å². The summed E-state index contributed by atoms with van der Waals surface area (Å²) in [5.74, 6) is 0.704. The number of carbonyl (C=O) groups excluding carboxylic acids is 1. The second kappa shape index (κ2) is 5.98. The van der Waals surface area contributed by atoms with Gasteiger partial charge in [0, 0.05) is 42.7 Å². The number of amides is 1. The number of aryl methyl sites for hydroxylation is 1. The molecule has 2 aliphatic heterocycles. The van der Waals surface area contributed by atoms with Crippen molar-refractivity contribution in [3.05, 3.63) is 30.2 Å². The molecule has 6 nitrogen and oxygen atoms in total. The van der Waals surface area contributed by atoms with Crippen molar-refractivity contribution in [1.29, 1.82) is 0 Å². The fourth-order valence-electron chi connectivity index (χ4n) is 3.66. The smallest absolute Gasteiger partial charge is 0.245 e. The monoisotopic (exact) mass is 329 g/mol. The van der Waals surface area contributed by atoms with Gasteiger partial charge in [0.05, 0.1) is 12.2 Å². The molecule has 2 fully saturated rings. The predicted molar refractivity (Wildman–Crippen MR) is 88.4 cm³/mol. The van der Waals surface area contributed by atoms with Crippen LogP contribution in [0, 0.1) is 6.92 Å². The Labute approximate surface area is 139 Å². The number of carbonyl (C=O) groups is 1. The van der Waals surface area contributed by atoms with Crippen molar-refractivity contribution in [2.75, 3.05) is 24.5 Å². The molecule has 24 heavy (non-hydrogen) atoms. The maximum Gasteiger partial charge on any atom is 0.245 e. The highest BCUT2D eigenvalue weighted by molar-refractivity contribution is 5.98. The summed E-state index contributed by atoms with van der Waals surface area (Å²) in [6.45, 7) is 3.60. The predicted octanol–water partition coefficient (Wildman–Crippen LogP) is 1.93. The van der Waals surface area contributed by atoms with Crippen LogP contribution in [0.4, 0.5) is 10.2 Å². The van der Waals surface area contributed by atoms with Gasteiger partial charge < -0.3 is 0 Å². The van der Waals surface area contributed by atoms with Gasteiger partial charge in [0.25, 0.3) is 0 Å². The molecule has 2 atom stereocenters. The Hall–Kier alpha value is -2.28. The molecule has 2 aromatic heterocycles. The number of rotatable bonds is 3. The number of hydrogen-bond acceptors (Lipinski definition) is 4. The largest absolute Gasteiger partial charge is 0.295 e. The summed E-state index contributed by atoms with van der Waals surface area (Å²) in [6, 6.07) is 3.63. The van der Waals surface area contributed by atoms with Crippen molar-refractivity contribution in [2.24, 2.45) is 0 Å². The fraction of sp³-hybridized carbons (Fsp3) is 0.471. The normalized spacial score (nSPS) is 24.9. The summed E-state index contributed by atoms with van der Waals surface area (Å²) in [6.07, 6.45) is 4.03. The van der Waals surface area contributed by atoms with Crippen LogP contribution < -0.4 is 4.90 Å². The molecule has 7 heteroatoms. The summed E-state index contributed by atoms with van der Waals surface area (Å²) in [5.41, 5.74) is 2.83. The number of alkyl halides is 1. The number of aromatic amines is 1. The number of pyridine rings is 1. The molecule has 2 aromatic rings. The second-order valence-corrected chi connectivity index (χ2v) is 6.46. The molecule has 0 spiro atoms. The number of likely N-dealkylation sites (tertiary alicyclic amines) is 1. The van der Waals surface area contributed by atoms with Crippen LogP contribution in [-0.2, 0) is 4.79 Å². The highest BCUT2D eigenvalue weighted by Crippen LogP contribution is 2.29. The van der Waals surface area contributed by atoms with Gasteiger partial charge in [-0.05, 0) is 31.9 Å². The molecule has 4 rings (SSSR count). The van der Waals surface area contributed by atoms with Crippen LogP contribution in [0.1, 0.15) is 18.5 Å². The minimum Gasteiger partial charge on any atom is -0.295 e. The molecular formula is C17H20FN5O. The van der Waals surface area contributed by atoms with E-state index in [-0.39, 0.29) is 11.9 Å². The summed E-state index contributed by atoms with van der Waals surface area (Å²) in [5, 5.41) is 6.75. The number of aromatic nitrogens is 3. The van der Waals surface area contributed by atoms with Crippen LogP contribution in [0.15, 0.2) is 24.5 Å². The van der Waals surface area contributed by atoms with E-state index in [4.69, 9.17) is 0 Å². The first-order valence-electron chi connectivity index (χ1n) is 8.30. The molecule has 1 N–H and O–H groups in total. The molecule has 0 radical (unpaired) electrons. The zero-order chi connectivity index (χ0) is 16.7. The minimum absolute atomic E-state index is 0.0343. The molecule has 0 aliphatic carbocycles. The number of nitrogens with one attached hydrogen (secondary N) is 1. The summed E-state index contributed by atoms with van der Waals surface area (Å²) in [7, 11) is 0.